The van der Waals surface area contributed by atoms with E-state index < -0.39 is 0 Å². The van der Waals surface area contributed by atoms with Crippen LogP contribution in [0.1, 0.15) is 42.9 Å². The van der Waals surface area contributed by atoms with Crippen molar-refractivity contribution >= 4 is 11.6 Å². The Hall–Kier alpha value is -1.39. The summed E-state index contributed by atoms with van der Waals surface area (Å²) >= 11 is 0. The van der Waals surface area contributed by atoms with Crippen LogP contribution in [-0.2, 0) is 16.0 Å². The summed E-state index contributed by atoms with van der Waals surface area (Å²) in [4.78, 5) is 13.4. The first-order valence-corrected chi connectivity index (χ1v) is 7.41. The Morgan fingerprint density at radius 3 is 3.05 bits per heavy atom. The predicted octanol–water partition coefficient (Wildman–Crippen LogP) is 2.16. The van der Waals surface area contributed by atoms with Gasteiger partial charge in [0.25, 0.3) is 0 Å². The average Bonchev–Trinajstić information content (AvgIpc) is 2.95. The van der Waals surface area contributed by atoms with Gasteiger partial charge in [-0.3, -0.25) is 4.79 Å². The Labute approximate surface area is 119 Å². The second-order valence-corrected chi connectivity index (χ2v) is 5.82. The summed E-state index contributed by atoms with van der Waals surface area (Å²) in [5.74, 6) is 0.189. The lowest BCUT2D eigenvalue weighted by molar-refractivity contribution is -0.118. The molecule has 20 heavy (non-hydrogen) atoms. The molecular weight excluding hydrogens is 252 g/mol. The molecule has 0 saturated carbocycles. The molecule has 1 fully saturated rings. The number of nitrogens with zero attached hydrogens (tertiary/aromatic N) is 1. The molecule has 2 unspecified atom stereocenters. The Morgan fingerprint density at radius 2 is 2.30 bits per heavy atom. The van der Waals surface area contributed by atoms with Crippen LogP contribution >= 0.6 is 0 Å². The fourth-order valence-electron chi connectivity index (χ4n) is 3.16. The molecule has 2 heterocycles. The third-order valence-electron chi connectivity index (χ3n) is 4.42. The van der Waals surface area contributed by atoms with Crippen LogP contribution in [0.3, 0.4) is 0 Å². The van der Waals surface area contributed by atoms with Crippen LogP contribution in [0, 0.1) is 0 Å². The Morgan fingerprint density at radius 1 is 1.45 bits per heavy atom. The van der Waals surface area contributed by atoms with Crippen molar-refractivity contribution in [3.05, 3.63) is 29.3 Å². The number of fused-ring (bicyclic) bond motifs is 1. The van der Waals surface area contributed by atoms with Gasteiger partial charge in [0.1, 0.15) is 0 Å². The van der Waals surface area contributed by atoms with Crippen LogP contribution in [0.5, 0.6) is 0 Å². The average molecular weight is 274 g/mol. The minimum atomic E-state index is 0.0198. The predicted molar refractivity (Wildman–Crippen MR) is 78.7 cm³/mol. The number of nitrogens with two attached hydrogens (primary N) is 1. The highest BCUT2D eigenvalue weighted by atomic mass is 16.5. The van der Waals surface area contributed by atoms with E-state index in [0.29, 0.717) is 12.5 Å². The van der Waals surface area contributed by atoms with Crippen molar-refractivity contribution < 1.29 is 9.53 Å². The van der Waals surface area contributed by atoms with Gasteiger partial charge in [-0.1, -0.05) is 12.1 Å². The zero-order valence-corrected chi connectivity index (χ0v) is 12.0. The minimum absolute atomic E-state index is 0.0198. The molecule has 1 aromatic rings. The second kappa shape index (κ2) is 5.54. The lowest BCUT2D eigenvalue weighted by Gasteiger charge is -2.27. The summed E-state index contributed by atoms with van der Waals surface area (Å²) in [7, 11) is 1.84. The second-order valence-electron chi connectivity index (χ2n) is 5.82. The number of carbonyl (C=O) groups excluding carboxylic acids is 1. The van der Waals surface area contributed by atoms with Crippen LogP contribution in [0.15, 0.2) is 18.2 Å². The normalized spacial score (nSPS) is 23.8. The van der Waals surface area contributed by atoms with Gasteiger partial charge in [0, 0.05) is 31.8 Å². The molecule has 1 aromatic carbocycles. The van der Waals surface area contributed by atoms with E-state index in [0.717, 1.165) is 43.5 Å². The molecule has 108 valence electrons. The fraction of sp³-hybridized carbons (Fsp3) is 0.562. The molecule has 3 rings (SSSR count). The lowest BCUT2D eigenvalue weighted by Crippen LogP contribution is -2.31. The molecule has 2 atom stereocenters. The molecule has 1 saturated heterocycles. The SMILES string of the molecule is CN1C(=O)CCc2cc(C(N)CC3CCCO3)ccc21. The number of hydrogen-bond donors (Lipinski definition) is 1. The Bertz CT molecular complexity index is 509. The number of ether oxygens (including phenoxy) is 1. The van der Waals surface area contributed by atoms with E-state index in [-0.39, 0.29) is 11.9 Å². The molecule has 4 heteroatoms. The van der Waals surface area contributed by atoms with Crippen LogP contribution in [0.25, 0.3) is 0 Å². The Kier molecular flexibility index (Phi) is 3.76. The lowest BCUT2D eigenvalue weighted by atomic mass is 9.94. The van der Waals surface area contributed by atoms with Gasteiger partial charge >= 0.3 is 0 Å². The van der Waals surface area contributed by atoms with Crippen molar-refractivity contribution in [1.29, 1.82) is 0 Å². The topological polar surface area (TPSA) is 55.6 Å². The fourth-order valence-corrected chi connectivity index (χ4v) is 3.16. The van der Waals surface area contributed by atoms with Crippen LogP contribution in [0.2, 0.25) is 0 Å². The van der Waals surface area contributed by atoms with Gasteiger partial charge in [-0.05, 0) is 42.9 Å². The summed E-state index contributed by atoms with van der Waals surface area (Å²) in [5, 5.41) is 0. The van der Waals surface area contributed by atoms with Crippen LogP contribution < -0.4 is 10.6 Å². The van der Waals surface area contributed by atoms with Crippen molar-refractivity contribution in [3.8, 4) is 0 Å². The molecule has 2 N–H and O–H groups in total. The molecule has 0 spiro atoms. The molecular formula is C16H22N2O2. The quantitative estimate of drug-likeness (QED) is 0.919. The maximum Gasteiger partial charge on any atom is 0.227 e. The van der Waals surface area contributed by atoms with Gasteiger partial charge in [0.15, 0.2) is 0 Å². The molecule has 0 aromatic heterocycles. The number of carbonyl (C=O) groups is 1. The first kappa shape index (κ1) is 13.6. The minimum Gasteiger partial charge on any atom is -0.378 e. The van der Waals surface area contributed by atoms with Crippen molar-refractivity contribution in [2.24, 2.45) is 5.73 Å². The molecule has 1 amide bonds. The number of amides is 1. The molecule has 2 aliphatic heterocycles. The zero-order chi connectivity index (χ0) is 14.1. The summed E-state index contributed by atoms with van der Waals surface area (Å²) < 4.78 is 5.66. The summed E-state index contributed by atoms with van der Waals surface area (Å²) in [6.07, 6.45) is 4.87. The van der Waals surface area contributed by atoms with Crippen molar-refractivity contribution in [2.45, 2.75) is 44.2 Å². The number of rotatable bonds is 3. The van der Waals surface area contributed by atoms with E-state index in [1.165, 1.54) is 5.56 Å². The van der Waals surface area contributed by atoms with E-state index in [1.54, 1.807) is 4.90 Å². The van der Waals surface area contributed by atoms with Crippen molar-refractivity contribution in [2.75, 3.05) is 18.6 Å². The highest BCUT2D eigenvalue weighted by Crippen LogP contribution is 2.31. The van der Waals surface area contributed by atoms with Crippen LogP contribution in [0.4, 0.5) is 5.69 Å². The Balaban J connectivity index is 1.76. The van der Waals surface area contributed by atoms with E-state index >= 15 is 0 Å². The van der Waals surface area contributed by atoms with Gasteiger partial charge in [0.2, 0.25) is 5.91 Å². The molecule has 0 aliphatic carbocycles. The molecule has 2 aliphatic rings. The third kappa shape index (κ3) is 2.58. The highest BCUT2D eigenvalue weighted by molar-refractivity contribution is 5.95. The summed E-state index contributed by atoms with van der Waals surface area (Å²) in [5.41, 5.74) is 9.72. The van der Waals surface area contributed by atoms with E-state index in [2.05, 4.69) is 6.07 Å². The standard InChI is InChI=1S/C16H22N2O2/c1-18-15-6-4-11(9-12(15)5-7-16(18)19)14(17)10-13-3-2-8-20-13/h4,6,9,13-14H,2-3,5,7-8,10,17H2,1H3. The van der Waals surface area contributed by atoms with E-state index in [1.807, 2.05) is 19.2 Å². The smallest absolute Gasteiger partial charge is 0.227 e. The third-order valence-corrected chi connectivity index (χ3v) is 4.42. The monoisotopic (exact) mass is 274 g/mol. The van der Waals surface area contributed by atoms with Gasteiger partial charge in [-0.25, -0.2) is 0 Å². The van der Waals surface area contributed by atoms with Gasteiger partial charge in [-0.2, -0.15) is 0 Å². The highest BCUT2D eigenvalue weighted by Gasteiger charge is 2.23. The van der Waals surface area contributed by atoms with Gasteiger partial charge in [0.05, 0.1) is 6.10 Å². The molecule has 0 bridgehead atoms. The number of benzene rings is 1. The largest absolute Gasteiger partial charge is 0.378 e. The maximum atomic E-state index is 11.7. The maximum absolute atomic E-state index is 11.7. The van der Waals surface area contributed by atoms with Gasteiger partial charge < -0.3 is 15.4 Å². The summed E-state index contributed by atoms with van der Waals surface area (Å²) in [6.45, 7) is 0.870. The molecule has 0 radical (unpaired) electrons. The van der Waals surface area contributed by atoms with Crippen molar-refractivity contribution in [3.63, 3.8) is 0 Å². The van der Waals surface area contributed by atoms with Gasteiger partial charge in [-0.15, -0.1) is 0 Å². The first-order chi connectivity index (χ1) is 9.65. The van der Waals surface area contributed by atoms with Crippen molar-refractivity contribution in [1.82, 2.24) is 0 Å². The van der Waals surface area contributed by atoms with Crippen LogP contribution in [-0.4, -0.2) is 25.7 Å². The summed E-state index contributed by atoms with van der Waals surface area (Å²) in [6, 6.07) is 6.26. The number of aryl methyl sites for hydroxylation is 1. The zero-order valence-electron chi connectivity index (χ0n) is 12.0. The number of hydrogen-bond acceptors (Lipinski definition) is 3. The molecule has 4 nitrogen and oxygen atoms in total. The number of anilines is 1. The first-order valence-electron chi connectivity index (χ1n) is 7.41. The van der Waals surface area contributed by atoms with E-state index in [4.69, 9.17) is 10.5 Å². The van der Waals surface area contributed by atoms with E-state index in [9.17, 15) is 4.79 Å².